The van der Waals surface area contributed by atoms with Crippen molar-refractivity contribution in [3.05, 3.63) is 29.8 Å². The summed E-state index contributed by atoms with van der Waals surface area (Å²) in [7, 11) is 4.17. The van der Waals surface area contributed by atoms with Gasteiger partial charge < -0.3 is 15.5 Å². The van der Waals surface area contributed by atoms with Gasteiger partial charge in [-0.3, -0.25) is 0 Å². The minimum Gasteiger partial charge on any atom is -0.378 e. The molecular formula is C16H27N3. The monoisotopic (exact) mass is 261 g/mol. The van der Waals surface area contributed by atoms with Crippen molar-refractivity contribution >= 4 is 5.69 Å². The first-order chi connectivity index (χ1) is 9.20. The fourth-order valence-electron chi connectivity index (χ4n) is 2.83. The maximum Gasteiger partial charge on any atom is 0.0363 e. The third-order valence-corrected chi connectivity index (χ3v) is 4.07. The quantitative estimate of drug-likeness (QED) is 0.882. The molecule has 1 aromatic carbocycles. The van der Waals surface area contributed by atoms with Crippen LogP contribution in [0.4, 0.5) is 5.69 Å². The first-order valence-corrected chi connectivity index (χ1v) is 7.40. The van der Waals surface area contributed by atoms with E-state index in [2.05, 4.69) is 48.2 Å². The molecule has 0 spiro atoms. The largest absolute Gasteiger partial charge is 0.378 e. The van der Waals surface area contributed by atoms with Gasteiger partial charge in [0.25, 0.3) is 0 Å². The van der Waals surface area contributed by atoms with E-state index in [1.165, 1.54) is 43.6 Å². The first kappa shape index (κ1) is 14.4. The van der Waals surface area contributed by atoms with Gasteiger partial charge in [0.1, 0.15) is 0 Å². The van der Waals surface area contributed by atoms with Crippen LogP contribution >= 0.6 is 0 Å². The molecular weight excluding hydrogens is 234 g/mol. The van der Waals surface area contributed by atoms with Crippen LogP contribution in [0.3, 0.4) is 0 Å². The summed E-state index contributed by atoms with van der Waals surface area (Å²) >= 11 is 0. The predicted octanol–water partition coefficient (Wildman–Crippen LogP) is 2.28. The molecule has 2 N–H and O–H groups in total. The van der Waals surface area contributed by atoms with Gasteiger partial charge in [-0.25, -0.2) is 0 Å². The number of benzene rings is 1. The van der Waals surface area contributed by atoms with Crippen LogP contribution in [-0.2, 0) is 0 Å². The Morgan fingerprint density at radius 1 is 1.21 bits per heavy atom. The van der Waals surface area contributed by atoms with Crippen molar-refractivity contribution in [2.24, 2.45) is 5.73 Å². The van der Waals surface area contributed by atoms with Crippen LogP contribution in [0.2, 0.25) is 0 Å². The lowest BCUT2D eigenvalue weighted by Crippen LogP contribution is -2.35. The zero-order valence-corrected chi connectivity index (χ0v) is 12.3. The van der Waals surface area contributed by atoms with Crippen LogP contribution in [0.15, 0.2) is 24.3 Å². The zero-order valence-electron chi connectivity index (χ0n) is 12.3. The Labute approximate surface area is 117 Å². The average Bonchev–Trinajstić information content (AvgIpc) is 2.46. The second-order valence-corrected chi connectivity index (χ2v) is 5.78. The van der Waals surface area contributed by atoms with Crippen molar-refractivity contribution < 1.29 is 0 Å². The molecule has 0 saturated carbocycles. The Bertz CT molecular complexity index is 383. The summed E-state index contributed by atoms with van der Waals surface area (Å²) in [4.78, 5) is 4.72. The zero-order chi connectivity index (χ0) is 13.7. The second kappa shape index (κ2) is 6.92. The first-order valence-electron chi connectivity index (χ1n) is 7.40. The van der Waals surface area contributed by atoms with Crippen molar-refractivity contribution in [2.75, 3.05) is 45.2 Å². The van der Waals surface area contributed by atoms with E-state index in [0.29, 0.717) is 5.92 Å². The molecule has 3 nitrogen and oxygen atoms in total. The fourth-order valence-corrected chi connectivity index (χ4v) is 2.83. The molecule has 0 amide bonds. The molecule has 1 saturated heterocycles. The Kier molecular flexibility index (Phi) is 5.23. The maximum atomic E-state index is 6.01. The van der Waals surface area contributed by atoms with Gasteiger partial charge >= 0.3 is 0 Å². The summed E-state index contributed by atoms with van der Waals surface area (Å²) in [5, 5.41) is 0. The SMILES string of the molecule is CN(C)c1cccc(C(CN)CN2CCCCC2)c1. The summed E-state index contributed by atoms with van der Waals surface area (Å²) < 4.78 is 0. The van der Waals surface area contributed by atoms with E-state index >= 15 is 0 Å². The van der Waals surface area contributed by atoms with Gasteiger partial charge in [0.05, 0.1) is 0 Å². The van der Waals surface area contributed by atoms with E-state index in [-0.39, 0.29) is 0 Å². The van der Waals surface area contributed by atoms with Crippen LogP contribution in [0.5, 0.6) is 0 Å². The highest BCUT2D eigenvalue weighted by atomic mass is 15.1. The van der Waals surface area contributed by atoms with Crippen LogP contribution in [0.25, 0.3) is 0 Å². The van der Waals surface area contributed by atoms with Crippen molar-refractivity contribution in [1.82, 2.24) is 4.90 Å². The van der Waals surface area contributed by atoms with Crippen LogP contribution < -0.4 is 10.6 Å². The number of nitrogens with zero attached hydrogens (tertiary/aromatic N) is 2. The molecule has 0 aromatic heterocycles. The number of piperidine rings is 1. The third-order valence-electron chi connectivity index (χ3n) is 4.07. The number of likely N-dealkylation sites (tertiary alicyclic amines) is 1. The van der Waals surface area contributed by atoms with E-state index < -0.39 is 0 Å². The Balaban J connectivity index is 2.05. The minimum absolute atomic E-state index is 0.456. The van der Waals surface area contributed by atoms with Gasteiger partial charge in [0.2, 0.25) is 0 Å². The Hall–Kier alpha value is -1.06. The summed E-state index contributed by atoms with van der Waals surface area (Å²) in [5.41, 5.74) is 8.64. The molecule has 1 fully saturated rings. The second-order valence-electron chi connectivity index (χ2n) is 5.78. The van der Waals surface area contributed by atoms with Gasteiger partial charge in [0.15, 0.2) is 0 Å². The minimum atomic E-state index is 0.456. The molecule has 3 heteroatoms. The van der Waals surface area contributed by atoms with Crippen LogP contribution in [-0.4, -0.2) is 45.2 Å². The highest BCUT2D eigenvalue weighted by molar-refractivity contribution is 5.48. The van der Waals surface area contributed by atoms with E-state index in [9.17, 15) is 0 Å². The van der Waals surface area contributed by atoms with Crippen molar-refractivity contribution in [2.45, 2.75) is 25.2 Å². The molecule has 2 rings (SSSR count). The van der Waals surface area contributed by atoms with Gasteiger partial charge in [-0.05, 0) is 43.6 Å². The number of rotatable bonds is 5. The molecule has 106 valence electrons. The molecule has 1 aromatic rings. The highest BCUT2D eigenvalue weighted by Crippen LogP contribution is 2.22. The normalized spacial score (nSPS) is 18.3. The summed E-state index contributed by atoms with van der Waals surface area (Å²) in [5.74, 6) is 0.456. The van der Waals surface area contributed by atoms with E-state index in [1.807, 2.05) is 0 Å². The molecule has 19 heavy (non-hydrogen) atoms. The van der Waals surface area contributed by atoms with Crippen LogP contribution in [0.1, 0.15) is 30.7 Å². The van der Waals surface area contributed by atoms with Crippen molar-refractivity contribution in [1.29, 1.82) is 0 Å². The standard InChI is InChI=1S/C16H27N3/c1-18(2)16-8-6-7-14(11-16)15(12-17)13-19-9-4-3-5-10-19/h6-8,11,15H,3-5,9-10,12-13,17H2,1-2H3. The van der Waals surface area contributed by atoms with E-state index in [1.54, 1.807) is 0 Å². The molecule has 0 aliphatic carbocycles. The molecule has 1 unspecified atom stereocenters. The van der Waals surface area contributed by atoms with Gasteiger partial charge in [-0.1, -0.05) is 18.6 Å². The summed E-state index contributed by atoms with van der Waals surface area (Å²) in [6.45, 7) is 4.31. The molecule has 0 radical (unpaired) electrons. The number of hydrogen-bond donors (Lipinski definition) is 1. The van der Waals surface area contributed by atoms with Gasteiger partial charge in [-0.15, -0.1) is 0 Å². The van der Waals surface area contributed by atoms with Crippen LogP contribution in [0, 0.1) is 0 Å². The lowest BCUT2D eigenvalue weighted by Gasteiger charge is -2.30. The van der Waals surface area contributed by atoms with E-state index in [4.69, 9.17) is 5.73 Å². The average molecular weight is 261 g/mol. The molecule has 0 bridgehead atoms. The highest BCUT2D eigenvalue weighted by Gasteiger charge is 2.17. The number of hydrogen-bond acceptors (Lipinski definition) is 3. The lowest BCUT2D eigenvalue weighted by molar-refractivity contribution is 0.216. The summed E-state index contributed by atoms with van der Waals surface area (Å²) in [6.07, 6.45) is 4.07. The summed E-state index contributed by atoms with van der Waals surface area (Å²) in [6, 6.07) is 8.79. The number of anilines is 1. The Morgan fingerprint density at radius 2 is 1.95 bits per heavy atom. The smallest absolute Gasteiger partial charge is 0.0363 e. The molecule has 1 aliphatic rings. The Morgan fingerprint density at radius 3 is 2.58 bits per heavy atom. The maximum absolute atomic E-state index is 6.01. The molecule has 1 heterocycles. The van der Waals surface area contributed by atoms with Crippen molar-refractivity contribution in [3.8, 4) is 0 Å². The van der Waals surface area contributed by atoms with E-state index in [0.717, 1.165) is 13.1 Å². The number of nitrogens with two attached hydrogens (primary N) is 1. The van der Waals surface area contributed by atoms with Gasteiger partial charge in [0, 0.05) is 38.8 Å². The fraction of sp³-hybridized carbons (Fsp3) is 0.625. The predicted molar refractivity (Wildman–Crippen MR) is 82.9 cm³/mol. The molecule has 1 atom stereocenters. The van der Waals surface area contributed by atoms with Crippen molar-refractivity contribution in [3.63, 3.8) is 0 Å². The topological polar surface area (TPSA) is 32.5 Å². The lowest BCUT2D eigenvalue weighted by atomic mass is 9.97. The molecule has 1 aliphatic heterocycles. The third kappa shape index (κ3) is 3.95. The van der Waals surface area contributed by atoms with Gasteiger partial charge in [-0.2, -0.15) is 0 Å².